The van der Waals surface area contributed by atoms with Gasteiger partial charge in [0.25, 0.3) is 0 Å². The van der Waals surface area contributed by atoms with Gasteiger partial charge in [0.1, 0.15) is 6.23 Å². The lowest BCUT2D eigenvalue weighted by Crippen LogP contribution is -2.38. The molecule has 82 valence electrons. The highest BCUT2D eigenvalue weighted by Crippen LogP contribution is 2.19. The fraction of sp³-hybridized carbons (Fsp3) is 0.500. The van der Waals surface area contributed by atoms with E-state index in [0.29, 0.717) is 0 Å². The average Bonchev–Trinajstić information content (AvgIpc) is 2.22. The second-order valence-electron chi connectivity index (χ2n) is 4.08. The molecule has 0 aromatic heterocycles. The molecule has 1 unspecified atom stereocenters. The summed E-state index contributed by atoms with van der Waals surface area (Å²) in [6, 6.07) is 7.84. The van der Waals surface area contributed by atoms with Crippen LogP contribution in [-0.4, -0.2) is 22.8 Å². The lowest BCUT2D eigenvalue weighted by molar-refractivity contribution is -0.0290. The summed E-state index contributed by atoms with van der Waals surface area (Å²) in [6.07, 6.45) is 2.92. The molecule has 1 aromatic rings. The van der Waals surface area contributed by atoms with Crippen LogP contribution in [0.2, 0.25) is 5.02 Å². The summed E-state index contributed by atoms with van der Waals surface area (Å²) < 4.78 is 0. The number of likely N-dealkylation sites (tertiary alicyclic amines) is 1. The summed E-state index contributed by atoms with van der Waals surface area (Å²) in [5.41, 5.74) is 1.17. The molecule has 0 saturated carbocycles. The molecule has 0 spiro atoms. The van der Waals surface area contributed by atoms with Crippen LogP contribution in [0.3, 0.4) is 0 Å². The molecule has 0 amide bonds. The Morgan fingerprint density at radius 2 is 2.27 bits per heavy atom. The van der Waals surface area contributed by atoms with Crippen molar-refractivity contribution in [2.24, 2.45) is 0 Å². The van der Waals surface area contributed by atoms with Crippen molar-refractivity contribution in [2.45, 2.75) is 32.0 Å². The van der Waals surface area contributed by atoms with Gasteiger partial charge in [0, 0.05) is 18.1 Å². The minimum Gasteiger partial charge on any atom is -0.378 e. The lowest BCUT2D eigenvalue weighted by Gasteiger charge is -2.31. The van der Waals surface area contributed by atoms with Crippen molar-refractivity contribution in [2.75, 3.05) is 6.54 Å². The Morgan fingerprint density at radius 1 is 1.40 bits per heavy atom. The van der Waals surface area contributed by atoms with Crippen molar-refractivity contribution >= 4 is 11.6 Å². The third kappa shape index (κ3) is 2.94. The quantitative estimate of drug-likeness (QED) is 0.784. The molecular formula is C12H16ClNO. The van der Waals surface area contributed by atoms with E-state index in [4.69, 9.17) is 11.6 Å². The van der Waals surface area contributed by atoms with Crippen molar-refractivity contribution in [1.82, 2.24) is 4.90 Å². The van der Waals surface area contributed by atoms with Crippen LogP contribution < -0.4 is 0 Å². The molecule has 0 bridgehead atoms. The van der Waals surface area contributed by atoms with E-state index < -0.39 is 0 Å². The van der Waals surface area contributed by atoms with E-state index in [1.165, 1.54) is 12.0 Å². The largest absolute Gasteiger partial charge is 0.378 e. The molecule has 0 aliphatic carbocycles. The van der Waals surface area contributed by atoms with E-state index in [9.17, 15) is 5.11 Å². The summed E-state index contributed by atoms with van der Waals surface area (Å²) in [5.74, 6) is 0. The van der Waals surface area contributed by atoms with Gasteiger partial charge in [0.05, 0.1) is 0 Å². The Hall–Kier alpha value is -0.570. The topological polar surface area (TPSA) is 23.5 Å². The lowest BCUT2D eigenvalue weighted by atomic mass is 10.1. The number of benzene rings is 1. The van der Waals surface area contributed by atoms with Gasteiger partial charge in [-0.2, -0.15) is 0 Å². The molecule has 1 aliphatic heterocycles. The van der Waals surface area contributed by atoms with E-state index in [1.54, 1.807) is 0 Å². The van der Waals surface area contributed by atoms with Crippen LogP contribution in [0.1, 0.15) is 24.8 Å². The van der Waals surface area contributed by atoms with Gasteiger partial charge in [0.15, 0.2) is 0 Å². The number of piperidine rings is 1. The van der Waals surface area contributed by atoms with E-state index in [1.807, 2.05) is 24.3 Å². The highest BCUT2D eigenvalue weighted by atomic mass is 35.5. The molecule has 0 radical (unpaired) electrons. The summed E-state index contributed by atoms with van der Waals surface area (Å²) in [6.45, 7) is 1.77. The monoisotopic (exact) mass is 226 g/mol. The standard InChI is InChI=1S/C12H16ClNO/c13-11-5-3-4-10(8-11)9-14-7-2-1-6-12(14)15/h3-5,8,12,15H,1-2,6-7,9H2/i14+1. The number of halogens is 1. The first-order valence-electron chi connectivity index (χ1n) is 5.42. The summed E-state index contributed by atoms with van der Waals surface area (Å²) in [4.78, 5) is 2.11. The molecule has 2 rings (SSSR count). The van der Waals surface area contributed by atoms with E-state index in [2.05, 4.69) is 4.90 Å². The molecule has 2 nitrogen and oxygen atoms in total. The van der Waals surface area contributed by atoms with Gasteiger partial charge in [0.2, 0.25) is 0 Å². The molecule has 1 aromatic carbocycles. The zero-order chi connectivity index (χ0) is 10.7. The molecule has 3 heteroatoms. The Kier molecular flexibility index (Phi) is 3.62. The van der Waals surface area contributed by atoms with Crippen LogP contribution in [-0.2, 0) is 6.54 Å². The summed E-state index contributed by atoms with van der Waals surface area (Å²) >= 11 is 5.92. The van der Waals surface area contributed by atoms with Crippen molar-refractivity contribution < 1.29 is 5.11 Å². The Bertz CT molecular complexity index is 329. The van der Waals surface area contributed by atoms with Gasteiger partial charge in [-0.25, -0.2) is 0 Å². The van der Waals surface area contributed by atoms with Crippen molar-refractivity contribution in [1.29, 1.82) is 0 Å². The van der Waals surface area contributed by atoms with Crippen LogP contribution in [0.5, 0.6) is 0 Å². The van der Waals surface area contributed by atoms with Gasteiger partial charge in [-0.3, -0.25) is 4.90 Å². The number of hydrogen-bond donors (Lipinski definition) is 1. The Morgan fingerprint density at radius 3 is 3.00 bits per heavy atom. The maximum absolute atomic E-state index is 9.79. The van der Waals surface area contributed by atoms with Crippen LogP contribution in [0, 0.1) is 0 Å². The Balaban J connectivity index is 2.01. The first kappa shape index (κ1) is 10.9. The zero-order valence-electron chi connectivity index (χ0n) is 8.69. The summed E-state index contributed by atoms with van der Waals surface area (Å²) in [5, 5.41) is 10.6. The number of aliphatic hydroxyl groups is 1. The van der Waals surface area contributed by atoms with Crippen molar-refractivity contribution in [3.8, 4) is 0 Å². The third-order valence-corrected chi connectivity index (χ3v) is 3.09. The number of nitrogens with zero attached hydrogens (tertiary/aromatic N) is 1. The fourth-order valence-corrected chi connectivity index (χ4v) is 2.24. The second-order valence-corrected chi connectivity index (χ2v) is 4.51. The second kappa shape index (κ2) is 4.97. The van der Waals surface area contributed by atoms with E-state index in [-0.39, 0.29) is 6.23 Å². The number of aliphatic hydroxyl groups excluding tert-OH is 1. The van der Waals surface area contributed by atoms with Gasteiger partial charge in [-0.15, -0.1) is 0 Å². The van der Waals surface area contributed by atoms with Crippen LogP contribution in [0.25, 0.3) is 0 Å². The predicted octanol–water partition coefficient (Wildman–Crippen LogP) is 2.64. The molecule has 1 N–H and O–H groups in total. The molecule has 1 heterocycles. The minimum atomic E-state index is -0.280. The first-order valence-corrected chi connectivity index (χ1v) is 5.80. The van der Waals surface area contributed by atoms with Crippen LogP contribution in [0.15, 0.2) is 24.3 Å². The molecule has 1 saturated heterocycles. The zero-order valence-corrected chi connectivity index (χ0v) is 9.45. The van der Waals surface area contributed by atoms with Gasteiger partial charge in [-0.1, -0.05) is 23.7 Å². The first-order chi connectivity index (χ1) is 7.25. The molecule has 15 heavy (non-hydrogen) atoms. The summed E-state index contributed by atoms with van der Waals surface area (Å²) in [7, 11) is 0. The van der Waals surface area contributed by atoms with Crippen LogP contribution in [0.4, 0.5) is 0 Å². The molecule has 1 fully saturated rings. The van der Waals surface area contributed by atoms with Crippen LogP contribution >= 0.6 is 11.6 Å². The fourth-order valence-electron chi connectivity index (χ4n) is 2.03. The SMILES string of the molecule is OC1CCCC[15N]1Cc1cccc(Cl)c1. The maximum atomic E-state index is 9.79. The minimum absolute atomic E-state index is 0.280. The third-order valence-electron chi connectivity index (χ3n) is 2.85. The highest BCUT2D eigenvalue weighted by molar-refractivity contribution is 6.30. The van der Waals surface area contributed by atoms with E-state index >= 15 is 0 Å². The van der Waals surface area contributed by atoms with Gasteiger partial charge < -0.3 is 5.11 Å². The maximum Gasteiger partial charge on any atom is 0.107 e. The van der Waals surface area contributed by atoms with Gasteiger partial charge in [-0.05, 0) is 37.0 Å². The number of rotatable bonds is 2. The smallest absolute Gasteiger partial charge is 0.107 e. The molecule has 1 atom stereocenters. The highest BCUT2D eigenvalue weighted by Gasteiger charge is 2.19. The normalized spacial score (nSPS) is 22.9. The molecular weight excluding hydrogens is 211 g/mol. The Labute approximate surface area is 95.5 Å². The predicted molar refractivity (Wildman–Crippen MR) is 61.7 cm³/mol. The molecule has 1 aliphatic rings. The van der Waals surface area contributed by atoms with Crippen molar-refractivity contribution in [3.05, 3.63) is 34.9 Å². The van der Waals surface area contributed by atoms with Crippen molar-refractivity contribution in [3.63, 3.8) is 0 Å². The average molecular weight is 227 g/mol. The number of hydrogen-bond acceptors (Lipinski definition) is 2. The van der Waals surface area contributed by atoms with Gasteiger partial charge >= 0.3 is 0 Å². The van der Waals surface area contributed by atoms with E-state index in [0.717, 1.165) is 31.0 Å².